The molecule has 1 fully saturated rings. The Balaban J connectivity index is 1.65. The molecule has 5 heteroatoms. The Morgan fingerprint density at radius 1 is 1.20 bits per heavy atom. The first-order valence-corrected chi connectivity index (χ1v) is 8.35. The minimum absolute atomic E-state index is 0.574. The fraction of sp³-hybridized carbons (Fsp3) is 0.250. The molecular weight excluding hydrogens is 312 g/mol. The van der Waals surface area contributed by atoms with Crippen molar-refractivity contribution in [3.63, 3.8) is 0 Å². The second-order valence-corrected chi connectivity index (χ2v) is 6.37. The van der Waals surface area contributed by atoms with Gasteiger partial charge in [0.15, 0.2) is 0 Å². The Bertz CT molecular complexity index is 933. The summed E-state index contributed by atoms with van der Waals surface area (Å²) in [7, 11) is 1.96. The summed E-state index contributed by atoms with van der Waals surface area (Å²) in [4.78, 5) is 8.87. The van der Waals surface area contributed by atoms with Crippen LogP contribution in [0.15, 0.2) is 48.9 Å². The van der Waals surface area contributed by atoms with Gasteiger partial charge in [-0.3, -0.25) is 4.98 Å². The summed E-state index contributed by atoms with van der Waals surface area (Å²) < 4.78 is 7.78. The van der Waals surface area contributed by atoms with Gasteiger partial charge in [-0.1, -0.05) is 0 Å². The number of aromatic nitrogens is 3. The molecule has 5 nitrogen and oxygen atoms in total. The number of hydrogen-bond acceptors (Lipinski definition) is 4. The Hall–Kier alpha value is -3.13. The van der Waals surface area contributed by atoms with E-state index in [0.717, 1.165) is 35.2 Å². The monoisotopic (exact) mass is 330 g/mol. The highest BCUT2D eigenvalue weighted by Gasteiger charge is 2.22. The molecule has 4 rings (SSSR count). The molecule has 0 bridgehead atoms. The Labute approximate surface area is 146 Å². The third-order valence-electron chi connectivity index (χ3n) is 4.38. The van der Waals surface area contributed by atoms with Gasteiger partial charge in [0.25, 0.3) is 0 Å². The summed E-state index contributed by atoms with van der Waals surface area (Å²) in [6, 6.07) is 13.7. The van der Waals surface area contributed by atoms with Crippen molar-refractivity contribution >= 4 is 0 Å². The highest BCUT2D eigenvalue weighted by atomic mass is 16.5. The average Bonchev–Trinajstić information content (AvgIpc) is 3.41. The lowest BCUT2D eigenvalue weighted by Crippen LogP contribution is -1.99. The van der Waals surface area contributed by atoms with Crippen LogP contribution in [0.2, 0.25) is 0 Å². The van der Waals surface area contributed by atoms with E-state index in [-0.39, 0.29) is 0 Å². The molecular formula is C20H18N4O. The molecule has 0 atom stereocenters. The van der Waals surface area contributed by atoms with E-state index < -0.39 is 0 Å². The minimum Gasteiger partial charge on any atom is -0.493 e. The smallest absolute Gasteiger partial charge is 0.119 e. The zero-order valence-corrected chi connectivity index (χ0v) is 14.0. The lowest BCUT2D eigenvalue weighted by atomic mass is 10.1. The maximum absolute atomic E-state index is 9.11. The van der Waals surface area contributed by atoms with Gasteiger partial charge in [0.2, 0.25) is 0 Å². The Kier molecular flexibility index (Phi) is 3.95. The van der Waals surface area contributed by atoms with E-state index in [0.29, 0.717) is 11.3 Å². The summed E-state index contributed by atoms with van der Waals surface area (Å²) in [6.07, 6.45) is 5.97. The van der Waals surface area contributed by atoms with Gasteiger partial charge >= 0.3 is 0 Å². The van der Waals surface area contributed by atoms with Crippen molar-refractivity contribution in [2.75, 3.05) is 6.61 Å². The number of rotatable bonds is 5. The number of hydrogen-bond donors (Lipinski definition) is 0. The van der Waals surface area contributed by atoms with E-state index in [1.807, 2.05) is 35.9 Å². The molecule has 0 N–H and O–H groups in total. The van der Waals surface area contributed by atoms with Crippen molar-refractivity contribution in [3.05, 3.63) is 54.5 Å². The van der Waals surface area contributed by atoms with Crippen molar-refractivity contribution in [3.8, 4) is 34.5 Å². The molecule has 25 heavy (non-hydrogen) atoms. The Morgan fingerprint density at radius 3 is 2.72 bits per heavy atom. The minimum atomic E-state index is 0.574. The van der Waals surface area contributed by atoms with Gasteiger partial charge < -0.3 is 9.30 Å². The van der Waals surface area contributed by atoms with Gasteiger partial charge in [0, 0.05) is 18.8 Å². The van der Waals surface area contributed by atoms with Gasteiger partial charge in [0.05, 0.1) is 36.0 Å². The van der Waals surface area contributed by atoms with E-state index in [1.54, 1.807) is 24.7 Å². The number of ether oxygens (including phenoxy) is 1. The highest BCUT2D eigenvalue weighted by molar-refractivity contribution is 5.77. The zero-order chi connectivity index (χ0) is 17.2. The number of aryl methyl sites for hydroxylation is 1. The standard InChI is InChI=1S/C20H18N4O/c1-24-13-23-19(18-10-15(11-21)8-9-22-18)20(24)16-4-6-17(7-5-16)25-12-14-2-3-14/h4-10,13-14H,2-3,12H2,1H3. The van der Waals surface area contributed by atoms with Gasteiger partial charge in [-0.2, -0.15) is 5.26 Å². The molecule has 0 saturated heterocycles. The molecule has 3 aromatic rings. The van der Waals surface area contributed by atoms with Crippen molar-refractivity contribution in [2.24, 2.45) is 13.0 Å². The van der Waals surface area contributed by atoms with Crippen LogP contribution in [0.25, 0.3) is 22.6 Å². The number of nitrogens with zero attached hydrogens (tertiary/aromatic N) is 4. The number of benzene rings is 1. The van der Waals surface area contributed by atoms with Crippen molar-refractivity contribution in [1.82, 2.24) is 14.5 Å². The second-order valence-electron chi connectivity index (χ2n) is 6.37. The number of nitriles is 1. The van der Waals surface area contributed by atoms with Crippen LogP contribution in [-0.4, -0.2) is 21.1 Å². The van der Waals surface area contributed by atoms with E-state index >= 15 is 0 Å². The van der Waals surface area contributed by atoms with Gasteiger partial charge in [-0.25, -0.2) is 4.98 Å². The highest BCUT2D eigenvalue weighted by Crippen LogP contribution is 2.32. The first-order valence-electron chi connectivity index (χ1n) is 8.35. The molecule has 0 unspecified atom stereocenters. The van der Waals surface area contributed by atoms with Crippen LogP contribution in [-0.2, 0) is 7.05 Å². The van der Waals surface area contributed by atoms with E-state index in [4.69, 9.17) is 10.00 Å². The van der Waals surface area contributed by atoms with E-state index in [1.165, 1.54) is 12.8 Å². The summed E-state index contributed by atoms with van der Waals surface area (Å²) >= 11 is 0. The topological polar surface area (TPSA) is 63.7 Å². The average molecular weight is 330 g/mol. The molecule has 2 aromatic heterocycles. The second kappa shape index (κ2) is 6.40. The predicted molar refractivity (Wildman–Crippen MR) is 94.8 cm³/mol. The van der Waals surface area contributed by atoms with E-state index in [9.17, 15) is 0 Å². The third kappa shape index (κ3) is 3.24. The first kappa shape index (κ1) is 15.4. The van der Waals surface area contributed by atoms with Gasteiger partial charge in [-0.15, -0.1) is 0 Å². The number of pyridine rings is 1. The van der Waals surface area contributed by atoms with Crippen LogP contribution in [0.3, 0.4) is 0 Å². The maximum Gasteiger partial charge on any atom is 0.119 e. The van der Waals surface area contributed by atoms with Crippen molar-refractivity contribution < 1.29 is 4.74 Å². The molecule has 1 saturated carbocycles. The molecule has 1 aliphatic carbocycles. The fourth-order valence-electron chi connectivity index (χ4n) is 2.80. The summed E-state index contributed by atoms with van der Waals surface area (Å²) in [5, 5.41) is 9.11. The number of imidazole rings is 1. The van der Waals surface area contributed by atoms with E-state index in [2.05, 4.69) is 16.0 Å². The van der Waals surface area contributed by atoms with Crippen LogP contribution < -0.4 is 4.74 Å². The van der Waals surface area contributed by atoms with Crippen molar-refractivity contribution in [2.45, 2.75) is 12.8 Å². The summed E-state index contributed by atoms with van der Waals surface area (Å²) in [5.41, 5.74) is 4.05. The maximum atomic E-state index is 9.11. The fourth-order valence-corrected chi connectivity index (χ4v) is 2.80. The largest absolute Gasteiger partial charge is 0.493 e. The molecule has 0 aliphatic heterocycles. The predicted octanol–water partition coefficient (Wildman–Crippen LogP) is 3.81. The molecule has 124 valence electrons. The SMILES string of the molecule is Cn1cnc(-c2cc(C#N)ccn2)c1-c1ccc(OCC2CC2)cc1. The molecule has 1 aromatic carbocycles. The Morgan fingerprint density at radius 2 is 2.00 bits per heavy atom. The van der Waals surface area contributed by atoms with Crippen molar-refractivity contribution in [1.29, 1.82) is 5.26 Å². The zero-order valence-electron chi connectivity index (χ0n) is 14.0. The third-order valence-corrected chi connectivity index (χ3v) is 4.38. The molecule has 0 radical (unpaired) electrons. The van der Waals surface area contributed by atoms with Crippen LogP contribution in [0, 0.1) is 17.2 Å². The van der Waals surface area contributed by atoms with Gasteiger partial charge in [-0.05, 0) is 55.2 Å². The van der Waals surface area contributed by atoms with Crippen LogP contribution in [0.4, 0.5) is 0 Å². The molecule has 2 heterocycles. The van der Waals surface area contributed by atoms with Gasteiger partial charge in [0.1, 0.15) is 11.4 Å². The quantitative estimate of drug-likeness (QED) is 0.713. The first-order chi connectivity index (χ1) is 12.2. The lowest BCUT2D eigenvalue weighted by Gasteiger charge is -2.09. The van der Waals surface area contributed by atoms with Crippen LogP contribution in [0.1, 0.15) is 18.4 Å². The molecule has 0 spiro atoms. The summed E-state index contributed by atoms with van der Waals surface area (Å²) in [5.74, 6) is 1.63. The van der Waals surface area contributed by atoms with Crippen LogP contribution >= 0.6 is 0 Å². The normalized spacial score (nSPS) is 13.4. The summed E-state index contributed by atoms with van der Waals surface area (Å²) in [6.45, 7) is 0.807. The molecule has 1 aliphatic rings. The molecule has 0 amide bonds. The van der Waals surface area contributed by atoms with Crippen LogP contribution in [0.5, 0.6) is 5.75 Å². The lowest BCUT2D eigenvalue weighted by molar-refractivity contribution is 0.300.